The first-order chi connectivity index (χ1) is 10.7. The molecule has 8 heteroatoms. The monoisotopic (exact) mass is 333 g/mol. The van der Waals surface area contributed by atoms with Crippen LogP contribution in [0.15, 0.2) is 18.2 Å². The van der Waals surface area contributed by atoms with Crippen molar-refractivity contribution in [3.05, 3.63) is 23.2 Å². The van der Waals surface area contributed by atoms with Gasteiger partial charge in [-0.05, 0) is 19.1 Å². The number of fused-ring (bicyclic) bond motifs is 1. The third-order valence-electron chi connectivity index (χ3n) is 3.60. The number of ether oxygens (including phenoxy) is 1. The molecule has 1 aliphatic heterocycles. The van der Waals surface area contributed by atoms with E-state index in [9.17, 15) is 0 Å². The van der Waals surface area contributed by atoms with Crippen molar-refractivity contribution in [1.82, 2.24) is 15.2 Å². The number of methoxy groups -OCH3 is 1. The number of nitrogens with zero attached hydrogens (tertiary/aromatic N) is 4. The number of rotatable bonds is 4. The highest BCUT2D eigenvalue weighted by atomic mass is 32.1. The molecule has 0 radical (unpaired) electrons. The maximum absolute atomic E-state index is 5.36. The SMILES string of the molecule is COc1cccc2sc(NC3CN(c4nnc(C)s4)C3)nc12. The van der Waals surface area contributed by atoms with Crippen LogP contribution in [0.25, 0.3) is 10.2 Å². The number of thiazole rings is 1. The third kappa shape index (κ3) is 2.38. The summed E-state index contributed by atoms with van der Waals surface area (Å²) >= 11 is 3.29. The molecule has 2 aromatic heterocycles. The van der Waals surface area contributed by atoms with Crippen LogP contribution < -0.4 is 15.0 Å². The summed E-state index contributed by atoms with van der Waals surface area (Å²) in [6.45, 7) is 3.84. The van der Waals surface area contributed by atoms with Gasteiger partial charge in [0.1, 0.15) is 16.3 Å². The van der Waals surface area contributed by atoms with Crippen molar-refractivity contribution in [2.24, 2.45) is 0 Å². The first-order valence-electron chi connectivity index (χ1n) is 6.98. The zero-order valence-electron chi connectivity index (χ0n) is 12.2. The van der Waals surface area contributed by atoms with Crippen molar-refractivity contribution in [3.63, 3.8) is 0 Å². The second-order valence-corrected chi connectivity index (χ2v) is 7.37. The van der Waals surface area contributed by atoms with Gasteiger partial charge in [0.15, 0.2) is 5.13 Å². The Kier molecular flexibility index (Phi) is 3.34. The first kappa shape index (κ1) is 13.7. The summed E-state index contributed by atoms with van der Waals surface area (Å²) in [5.41, 5.74) is 0.924. The minimum atomic E-state index is 0.399. The quantitative estimate of drug-likeness (QED) is 0.792. The molecule has 1 saturated heterocycles. The summed E-state index contributed by atoms with van der Waals surface area (Å²) in [7, 11) is 1.68. The van der Waals surface area contributed by atoms with Gasteiger partial charge in [-0.2, -0.15) is 0 Å². The highest BCUT2D eigenvalue weighted by molar-refractivity contribution is 7.22. The molecular formula is C14H15N5OS2. The second-order valence-electron chi connectivity index (χ2n) is 5.18. The van der Waals surface area contributed by atoms with E-state index in [4.69, 9.17) is 4.74 Å². The lowest BCUT2D eigenvalue weighted by molar-refractivity contribution is 0.419. The van der Waals surface area contributed by atoms with E-state index in [1.165, 1.54) is 0 Å². The highest BCUT2D eigenvalue weighted by Crippen LogP contribution is 2.33. The van der Waals surface area contributed by atoms with E-state index in [1.54, 1.807) is 29.8 Å². The summed E-state index contributed by atoms with van der Waals surface area (Å²) in [6.07, 6.45) is 0. The fourth-order valence-electron chi connectivity index (χ4n) is 2.46. The smallest absolute Gasteiger partial charge is 0.208 e. The fraction of sp³-hybridized carbons (Fsp3) is 0.357. The van der Waals surface area contributed by atoms with Gasteiger partial charge in [0.2, 0.25) is 5.13 Å². The third-order valence-corrected chi connectivity index (χ3v) is 5.45. The molecule has 0 saturated carbocycles. The molecule has 0 unspecified atom stereocenters. The van der Waals surface area contributed by atoms with E-state index in [0.717, 1.165) is 44.3 Å². The van der Waals surface area contributed by atoms with Gasteiger partial charge in [-0.1, -0.05) is 28.7 Å². The van der Waals surface area contributed by atoms with Gasteiger partial charge in [0.05, 0.1) is 17.9 Å². The molecule has 0 atom stereocenters. The van der Waals surface area contributed by atoms with Crippen molar-refractivity contribution in [2.45, 2.75) is 13.0 Å². The first-order valence-corrected chi connectivity index (χ1v) is 8.61. The van der Waals surface area contributed by atoms with Crippen molar-refractivity contribution >= 4 is 43.2 Å². The average molecular weight is 333 g/mol. The summed E-state index contributed by atoms with van der Waals surface area (Å²) in [5, 5.41) is 14.7. The number of anilines is 2. The predicted molar refractivity (Wildman–Crippen MR) is 90.4 cm³/mol. The summed E-state index contributed by atoms with van der Waals surface area (Å²) in [6, 6.07) is 6.40. The zero-order chi connectivity index (χ0) is 15.1. The van der Waals surface area contributed by atoms with Gasteiger partial charge in [-0.25, -0.2) is 4.98 Å². The number of hydrogen-bond donors (Lipinski definition) is 1. The molecule has 1 aliphatic rings. The number of para-hydroxylation sites is 1. The fourth-order valence-corrected chi connectivity index (χ4v) is 4.13. The number of benzene rings is 1. The molecule has 0 aliphatic carbocycles. The van der Waals surface area contributed by atoms with Gasteiger partial charge in [0.25, 0.3) is 0 Å². The molecule has 0 amide bonds. The molecule has 0 bridgehead atoms. The standard InChI is InChI=1S/C14H15N5OS2/c1-8-17-18-14(21-8)19-6-9(7-19)15-13-16-12-10(20-2)4-3-5-11(12)22-13/h3-5,9H,6-7H2,1-2H3,(H,15,16). The van der Waals surface area contributed by atoms with Crippen LogP contribution in [0.5, 0.6) is 5.75 Å². The van der Waals surface area contributed by atoms with Crippen LogP contribution in [0.1, 0.15) is 5.01 Å². The molecule has 0 spiro atoms. The molecule has 6 nitrogen and oxygen atoms in total. The number of aromatic nitrogens is 3. The highest BCUT2D eigenvalue weighted by Gasteiger charge is 2.29. The van der Waals surface area contributed by atoms with Crippen LogP contribution in [0.2, 0.25) is 0 Å². The summed E-state index contributed by atoms with van der Waals surface area (Å²) in [5.74, 6) is 0.821. The maximum Gasteiger partial charge on any atom is 0.208 e. The van der Waals surface area contributed by atoms with Crippen molar-refractivity contribution in [1.29, 1.82) is 0 Å². The van der Waals surface area contributed by atoms with E-state index in [1.807, 2.05) is 19.1 Å². The Labute approximate surface area is 135 Å². The Balaban J connectivity index is 1.45. The molecule has 22 heavy (non-hydrogen) atoms. The van der Waals surface area contributed by atoms with Gasteiger partial charge in [-0.3, -0.25) is 0 Å². The lowest BCUT2D eigenvalue weighted by Crippen LogP contribution is -2.54. The average Bonchev–Trinajstić information content (AvgIpc) is 3.07. The Morgan fingerprint density at radius 2 is 2.14 bits per heavy atom. The van der Waals surface area contributed by atoms with Gasteiger partial charge < -0.3 is 15.0 Å². The van der Waals surface area contributed by atoms with Crippen LogP contribution >= 0.6 is 22.7 Å². The largest absolute Gasteiger partial charge is 0.494 e. The Bertz CT molecular complexity index is 809. The normalized spacial score (nSPS) is 15.1. The molecule has 114 valence electrons. The predicted octanol–water partition coefficient (Wildman–Crippen LogP) is 2.77. The molecule has 4 rings (SSSR count). The van der Waals surface area contributed by atoms with E-state index in [2.05, 4.69) is 31.5 Å². The lowest BCUT2D eigenvalue weighted by Gasteiger charge is -2.38. The van der Waals surface area contributed by atoms with E-state index < -0.39 is 0 Å². The van der Waals surface area contributed by atoms with E-state index in [0.29, 0.717) is 6.04 Å². The number of nitrogens with one attached hydrogen (secondary N) is 1. The van der Waals surface area contributed by atoms with Crippen LogP contribution in [0, 0.1) is 6.92 Å². The summed E-state index contributed by atoms with van der Waals surface area (Å²) < 4.78 is 6.49. The molecular weight excluding hydrogens is 318 g/mol. The van der Waals surface area contributed by atoms with Crippen LogP contribution in [0.3, 0.4) is 0 Å². The molecule has 3 heterocycles. The van der Waals surface area contributed by atoms with E-state index >= 15 is 0 Å². The van der Waals surface area contributed by atoms with Crippen molar-refractivity contribution in [2.75, 3.05) is 30.4 Å². The molecule has 1 N–H and O–H groups in total. The van der Waals surface area contributed by atoms with Crippen LogP contribution in [-0.4, -0.2) is 41.4 Å². The van der Waals surface area contributed by atoms with E-state index in [-0.39, 0.29) is 0 Å². The minimum Gasteiger partial charge on any atom is -0.494 e. The Hall–Kier alpha value is -1.93. The Morgan fingerprint density at radius 1 is 1.27 bits per heavy atom. The van der Waals surface area contributed by atoms with Gasteiger partial charge in [-0.15, -0.1) is 10.2 Å². The van der Waals surface area contributed by atoms with Gasteiger partial charge in [0, 0.05) is 13.1 Å². The van der Waals surface area contributed by atoms with Crippen molar-refractivity contribution in [3.8, 4) is 5.75 Å². The van der Waals surface area contributed by atoms with Crippen molar-refractivity contribution < 1.29 is 4.74 Å². The number of hydrogen-bond acceptors (Lipinski definition) is 8. The molecule has 1 aromatic carbocycles. The minimum absolute atomic E-state index is 0.399. The maximum atomic E-state index is 5.36. The Morgan fingerprint density at radius 3 is 2.86 bits per heavy atom. The molecule has 3 aromatic rings. The second kappa shape index (κ2) is 5.36. The van der Waals surface area contributed by atoms with Gasteiger partial charge >= 0.3 is 0 Å². The summed E-state index contributed by atoms with van der Waals surface area (Å²) in [4.78, 5) is 6.88. The topological polar surface area (TPSA) is 63.2 Å². The van der Waals surface area contributed by atoms with Crippen LogP contribution in [-0.2, 0) is 0 Å². The zero-order valence-corrected chi connectivity index (χ0v) is 13.9. The number of aryl methyl sites for hydroxylation is 1. The lowest BCUT2D eigenvalue weighted by atomic mass is 10.1. The molecule has 1 fully saturated rings. The van der Waals surface area contributed by atoms with Crippen LogP contribution in [0.4, 0.5) is 10.3 Å².